The summed E-state index contributed by atoms with van der Waals surface area (Å²) in [6.07, 6.45) is 8.26. The lowest BCUT2D eigenvalue weighted by molar-refractivity contribution is 0.938. The highest BCUT2D eigenvalue weighted by Gasteiger charge is 1.91. The van der Waals surface area contributed by atoms with Crippen molar-refractivity contribution in [1.29, 1.82) is 0 Å². The SMILES string of the molecule is C/C=C/CCc1cc(C)ccn1. The van der Waals surface area contributed by atoms with Gasteiger partial charge in [0.1, 0.15) is 0 Å². The number of nitrogens with zero attached hydrogens (tertiary/aromatic N) is 1. The van der Waals surface area contributed by atoms with Crippen LogP contribution in [0.5, 0.6) is 0 Å². The quantitative estimate of drug-likeness (QED) is 0.621. The summed E-state index contributed by atoms with van der Waals surface area (Å²) in [5.41, 5.74) is 2.48. The summed E-state index contributed by atoms with van der Waals surface area (Å²) in [6.45, 7) is 4.14. The summed E-state index contributed by atoms with van der Waals surface area (Å²) in [6, 6.07) is 4.17. The van der Waals surface area contributed by atoms with Gasteiger partial charge in [-0.05, 0) is 44.4 Å². The standard InChI is InChI=1S/C11H15N/c1-3-4-5-6-11-9-10(2)7-8-12-11/h3-4,7-9H,5-6H2,1-2H3/b4-3+. The van der Waals surface area contributed by atoms with E-state index in [4.69, 9.17) is 0 Å². The highest BCUT2D eigenvalue weighted by molar-refractivity contribution is 5.14. The lowest BCUT2D eigenvalue weighted by Gasteiger charge is -1.97. The lowest BCUT2D eigenvalue weighted by Crippen LogP contribution is -1.88. The minimum Gasteiger partial charge on any atom is -0.261 e. The van der Waals surface area contributed by atoms with Gasteiger partial charge in [-0.25, -0.2) is 0 Å². The average Bonchev–Trinajstić information content (AvgIpc) is 2.05. The first kappa shape index (κ1) is 8.98. The average molecular weight is 161 g/mol. The summed E-state index contributed by atoms with van der Waals surface area (Å²) in [5, 5.41) is 0. The molecule has 0 N–H and O–H groups in total. The third-order valence-corrected chi connectivity index (χ3v) is 1.77. The van der Waals surface area contributed by atoms with Crippen LogP contribution in [0, 0.1) is 6.92 Å². The van der Waals surface area contributed by atoms with E-state index in [1.807, 2.05) is 19.2 Å². The van der Waals surface area contributed by atoms with Gasteiger partial charge in [-0.2, -0.15) is 0 Å². The molecule has 1 nitrogen and oxygen atoms in total. The van der Waals surface area contributed by atoms with Crippen molar-refractivity contribution in [3.05, 3.63) is 41.7 Å². The molecule has 0 spiro atoms. The second kappa shape index (κ2) is 4.70. The summed E-state index contributed by atoms with van der Waals surface area (Å²) >= 11 is 0. The van der Waals surface area contributed by atoms with Crippen molar-refractivity contribution in [1.82, 2.24) is 4.98 Å². The van der Waals surface area contributed by atoms with Gasteiger partial charge in [-0.1, -0.05) is 12.2 Å². The summed E-state index contributed by atoms with van der Waals surface area (Å²) in [4.78, 5) is 4.28. The Labute approximate surface area is 74.2 Å². The molecule has 0 atom stereocenters. The van der Waals surface area contributed by atoms with Crippen molar-refractivity contribution >= 4 is 0 Å². The molecular formula is C11H15N. The highest BCUT2D eigenvalue weighted by Crippen LogP contribution is 2.02. The molecule has 1 aromatic heterocycles. The van der Waals surface area contributed by atoms with Gasteiger partial charge in [-0.3, -0.25) is 4.98 Å². The third-order valence-electron chi connectivity index (χ3n) is 1.77. The van der Waals surface area contributed by atoms with Gasteiger partial charge in [0.05, 0.1) is 0 Å². The Morgan fingerprint density at radius 2 is 2.33 bits per heavy atom. The van der Waals surface area contributed by atoms with Crippen LogP contribution in [0.4, 0.5) is 0 Å². The minimum atomic E-state index is 1.05. The number of aryl methyl sites for hydroxylation is 2. The fraction of sp³-hybridized carbons (Fsp3) is 0.364. The van der Waals surface area contributed by atoms with E-state index in [0.717, 1.165) is 12.8 Å². The van der Waals surface area contributed by atoms with Crippen LogP contribution in [0.15, 0.2) is 30.5 Å². The second-order valence-electron chi connectivity index (χ2n) is 2.93. The monoisotopic (exact) mass is 161 g/mol. The normalized spacial score (nSPS) is 10.8. The molecule has 12 heavy (non-hydrogen) atoms. The van der Waals surface area contributed by atoms with Gasteiger partial charge in [0.15, 0.2) is 0 Å². The molecule has 0 bridgehead atoms. The zero-order chi connectivity index (χ0) is 8.81. The predicted octanol–water partition coefficient (Wildman–Crippen LogP) is 2.90. The Bertz CT molecular complexity index is 263. The smallest absolute Gasteiger partial charge is 0.0409 e. The first-order valence-electron chi connectivity index (χ1n) is 4.35. The van der Waals surface area contributed by atoms with Crippen molar-refractivity contribution in [3.8, 4) is 0 Å². The molecule has 0 aliphatic carbocycles. The van der Waals surface area contributed by atoms with Crippen LogP contribution < -0.4 is 0 Å². The lowest BCUT2D eigenvalue weighted by atomic mass is 10.2. The van der Waals surface area contributed by atoms with E-state index >= 15 is 0 Å². The molecule has 1 heteroatoms. The van der Waals surface area contributed by atoms with Crippen molar-refractivity contribution in [2.45, 2.75) is 26.7 Å². The van der Waals surface area contributed by atoms with Crippen LogP contribution in [-0.2, 0) is 6.42 Å². The first-order valence-corrected chi connectivity index (χ1v) is 4.35. The Hall–Kier alpha value is -1.11. The number of hydrogen-bond donors (Lipinski definition) is 0. The highest BCUT2D eigenvalue weighted by atomic mass is 14.7. The van der Waals surface area contributed by atoms with Crippen molar-refractivity contribution in [2.75, 3.05) is 0 Å². The zero-order valence-corrected chi connectivity index (χ0v) is 7.75. The van der Waals surface area contributed by atoms with Gasteiger partial charge in [0.2, 0.25) is 0 Å². The molecule has 64 valence electrons. The van der Waals surface area contributed by atoms with E-state index < -0.39 is 0 Å². The van der Waals surface area contributed by atoms with E-state index in [2.05, 4.69) is 30.1 Å². The first-order chi connectivity index (χ1) is 5.83. The molecular weight excluding hydrogens is 146 g/mol. The van der Waals surface area contributed by atoms with Gasteiger partial charge in [0.25, 0.3) is 0 Å². The molecule has 0 amide bonds. The topological polar surface area (TPSA) is 12.9 Å². The molecule has 0 unspecified atom stereocenters. The number of hydrogen-bond acceptors (Lipinski definition) is 1. The molecule has 0 aliphatic rings. The Morgan fingerprint density at radius 3 is 3.00 bits per heavy atom. The summed E-state index contributed by atoms with van der Waals surface area (Å²) in [7, 11) is 0. The number of aromatic nitrogens is 1. The molecule has 0 radical (unpaired) electrons. The van der Waals surface area contributed by atoms with Crippen LogP contribution in [0.1, 0.15) is 24.6 Å². The molecule has 1 aromatic rings. The van der Waals surface area contributed by atoms with Gasteiger partial charge in [0, 0.05) is 11.9 Å². The largest absolute Gasteiger partial charge is 0.261 e. The molecule has 1 heterocycles. The zero-order valence-electron chi connectivity index (χ0n) is 7.75. The van der Waals surface area contributed by atoms with E-state index in [-0.39, 0.29) is 0 Å². The van der Waals surface area contributed by atoms with Crippen molar-refractivity contribution in [3.63, 3.8) is 0 Å². The number of pyridine rings is 1. The van der Waals surface area contributed by atoms with Gasteiger partial charge >= 0.3 is 0 Å². The van der Waals surface area contributed by atoms with Gasteiger partial charge < -0.3 is 0 Å². The van der Waals surface area contributed by atoms with Gasteiger partial charge in [-0.15, -0.1) is 0 Å². The second-order valence-corrected chi connectivity index (χ2v) is 2.93. The van der Waals surface area contributed by atoms with Crippen LogP contribution in [0.25, 0.3) is 0 Å². The maximum Gasteiger partial charge on any atom is 0.0409 e. The Kier molecular flexibility index (Phi) is 3.52. The molecule has 1 rings (SSSR count). The molecule has 0 saturated carbocycles. The predicted molar refractivity (Wildman–Crippen MR) is 52.1 cm³/mol. The molecule has 0 fully saturated rings. The van der Waals surface area contributed by atoms with Crippen LogP contribution in [0.3, 0.4) is 0 Å². The van der Waals surface area contributed by atoms with Crippen molar-refractivity contribution < 1.29 is 0 Å². The molecule has 0 saturated heterocycles. The minimum absolute atomic E-state index is 1.05. The Morgan fingerprint density at radius 1 is 1.50 bits per heavy atom. The van der Waals surface area contributed by atoms with E-state index in [0.29, 0.717) is 0 Å². The Balaban J connectivity index is 2.52. The fourth-order valence-corrected chi connectivity index (χ4v) is 1.13. The van der Waals surface area contributed by atoms with Crippen LogP contribution in [-0.4, -0.2) is 4.98 Å². The van der Waals surface area contributed by atoms with Crippen molar-refractivity contribution in [2.24, 2.45) is 0 Å². The summed E-state index contributed by atoms with van der Waals surface area (Å²) in [5.74, 6) is 0. The van der Waals surface area contributed by atoms with E-state index in [1.54, 1.807) is 0 Å². The number of allylic oxidation sites excluding steroid dienone is 2. The molecule has 0 aromatic carbocycles. The fourth-order valence-electron chi connectivity index (χ4n) is 1.13. The molecule has 0 aliphatic heterocycles. The van der Waals surface area contributed by atoms with Crippen LogP contribution in [0.2, 0.25) is 0 Å². The maximum atomic E-state index is 4.28. The number of rotatable bonds is 3. The van der Waals surface area contributed by atoms with E-state index in [1.165, 1.54) is 11.3 Å². The third kappa shape index (κ3) is 2.87. The van der Waals surface area contributed by atoms with Crippen LogP contribution >= 0.6 is 0 Å². The van der Waals surface area contributed by atoms with E-state index in [9.17, 15) is 0 Å². The maximum absolute atomic E-state index is 4.28. The summed E-state index contributed by atoms with van der Waals surface area (Å²) < 4.78 is 0.